The fourth-order valence-corrected chi connectivity index (χ4v) is 5.98. The summed E-state index contributed by atoms with van der Waals surface area (Å²) in [5, 5.41) is 11.9. The zero-order valence-corrected chi connectivity index (χ0v) is 13.9. The van der Waals surface area contributed by atoms with Crippen LogP contribution in [0.2, 0.25) is 13.1 Å². The van der Waals surface area contributed by atoms with Gasteiger partial charge in [0, 0.05) is 6.42 Å². The van der Waals surface area contributed by atoms with Gasteiger partial charge in [0.05, 0.1) is 0 Å². The monoisotopic (exact) mass is 286 g/mol. The molecule has 0 heterocycles. The summed E-state index contributed by atoms with van der Waals surface area (Å²) in [6, 6.07) is 10.5. The fourth-order valence-electron chi connectivity index (χ4n) is 2.81. The Hall–Kier alpha value is -1.04. The summed E-state index contributed by atoms with van der Waals surface area (Å²) in [5.74, 6) is 6.95. The van der Waals surface area contributed by atoms with E-state index >= 15 is 0 Å². The van der Waals surface area contributed by atoms with Gasteiger partial charge in [-0.05, 0) is 25.2 Å². The molecule has 20 heavy (non-hydrogen) atoms. The Bertz CT molecular complexity index is 493. The molecule has 1 fully saturated rings. The SMILES string of the molecule is CCCCC#CC(O)(C1CC1)[Si](C)(C)c1ccccc1. The fraction of sp³-hybridized carbons (Fsp3) is 0.556. The van der Waals surface area contributed by atoms with Gasteiger partial charge in [-0.15, -0.1) is 5.92 Å². The summed E-state index contributed by atoms with van der Waals surface area (Å²) < 4.78 is 0. The van der Waals surface area contributed by atoms with Crippen molar-refractivity contribution in [3.8, 4) is 11.8 Å². The first kappa shape index (κ1) is 15.3. The zero-order chi connectivity index (χ0) is 14.6. The molecule has 1 aromatic rings. The Morgan fingerprint density at radius 3 is 2.45 bits per heavy atom. The third-order valence-corrected chi connectivity index (χ3v) is 8.77. The van der Waals surface area contributed by atoms with Gasteiger partial charge in [0.25, 0.3) is 0 Å². The minimum Gasteiger partial charge on any atom is -0.380 e. The van der Waals surface area contributed by atoms with E-state index in [1.165, 1.54) is 5.19 Å². The van der Waals surface area contributed by atoms with Crippen molar-refractivity contribution in [2.45, 2.75) is 57.3 Å². The average Bonchev–Trinajstić information content (AvgIpc) is 3.29. The zero-order valence-electron chi connectivity index (χ0n) is 12.9. The predicted molar refractivity (Wildman–Crippen MR) is 88.5 cm³/mol. The number of aliphatic hydroxyl groups is 1. The van der Waals surface area contributed by atoms with Crippen molar-refractivity contribution in [3.63, 3.8) is 0 Å². The maximum Gasteiger partial charge on any atom is 0.132 e. The molecule has 1 N–H and O–H groups in total. The molecule has 1 aromatic carbocycles. The lowest BCUT2D eigenvalue weighted by molar-refractivity contribution is 0.153. The first-order valence-corrected chi connectivity index (χ1v) is 10.8. The Labute approximate surface area is 124 Å². The van der Waals surface area contributed by atoms with Crippen LogP contribution in [0.15, 0.2) is 30.3 Å². The smallest absolute Gasteiger partial charge is 0.132 e. The molecule has 0 aliphatic heterocycles. The largest absolute Gasteiger partial charge is 0.380 e. The molecule has 0 spiro atoms. The van der Waals surface area contributed by atoms with E-state index in [0.29, 0.717) is 5.92 Å². The van der Waals surface area contributed by atoms with Crippen molar-refractivity contribution in [1.82, 2.24) is 0 Å². The molecule has 1 aliphatic carbocycles. The van der Waals surface area contributed by atoms with Crippen LogP contribution in [-0.4, -0.2) is 18.4 Å². The molecule has 1 nitrogen and oxygen atoms in total. The Morgan fingerprint density at radius 2 is 1.90 bits per heavy atom. The summed E-state index contributed by atoms with van der Waals surface area (Å²) in [5.41, 5.74) is 0. The van der Waals surface area contributed by atoms with E-state index in [9.17, 15) is 5.11 Å². The minimum absolute atomic E-state index is 0.387. The molecule has 0 radical (unpaired) electrons. The van der Waals surface area contributed by atoms with Crippen LogP contribution in [0.5, 0.6) is 0 Å². The van der Waals surface area contributed by atoms with Gasteiger partial charge in [0.1, 0.15) is 13.3 Å². The molecule has 0 aromatic heterocycles. The first-order chi connectivity index (χ1) is 9.52. The van der Waals surface area contributed by atoms with E-state index in [-0.39, 0.29) is 0 Å². The summed E-state index contributed by atoms with van der Waals surface area (Å²) in [6.07, 6.45) is 5.45. The quantitative estimate of drug-likeness (QED) is 0.499. The second-order valence-electron chi connectivity index (χ2n) is 6.44. The lowest BCUT2D eigenvalue weighted by Gasteiger charge is -2.38. The molecular formula is C18H26OSi. The van der Waals surface area contributed by atoms with E-state index in [1.807, 2.05) is 6.07 Å². The lowest BCUT2D eigenvalue weighted by Crippen LogP contribution is -2.63. The first-order valence-electron chi connectivity index (χ1n) is 7.80. The normalized spacial score (nSPS) is 18.0. The highest BCUT2D eigenvalue weighted by atomic mass is 28.3. The van der Waals surface area contributed by atoms with Crippen LogP contribution in [-0.2, 0) is 0 Å². The second kappa shape index (κ2) is 6.16. The van der Waals surface area contributed by atoms with E-state index in [2.05, 4.69) is 56.1 Å². The number of benzene rings is 1. The number of hydrogen-bond donors (Lipinski definition) is 1. The molecule has 1 aliphatic rings. The van der Waals surface area contributed by atoms with Crippen molar-refractivity contribution >= 4 is 13.3 Å². The highest BCUT2D eigenvalue weighted by molar-refractivity contribution is 6.92. The van der Waals surface area contributed by atoms with Crippen molar-refractivity contribution in [1.29, 1.82) is 0 Å². The maximum atomic E-state index is 11.3. The molecule has 0 bridgehead atoms. The molecule has 2 rings (SSSR count). The molecule has 108 valence electrons. The van der Waals surface area contributed by atoms with E-state index < -0.39 is 13.3 Å². The van der Waals surface area contributed by atoms with Gasteiger partial charge < -0.3 is 5.11 Å². The van der Waals surface area contributed by atoms with E-state index in [4.69, 9.17) is 0 Å². The van der Waals surface area contributed by atoms with Crippen LogP contribution in [0.1, 0.15) is 39.0 Å². The Kier molecular flexibility index (Phi) is 4.73. The molecule has 0 saturated heterocycles. The van der Waals surface area contributed by atoms with Crippen molar-refractivity contribution in [2.75, 3.05) is 0 Å². The van der Waals surface area contributed by atoms with E-state index in [0.717, 1.165) is 32.1 Å². The standard InChI is InChI=1S/C18H26OSi/c1-4-5-6-10-15-18(19,16-13-14-16)20(2,3)17-11-8-7-9-12-17/h7-9,11-12,16,19H,4-6,13-14H2,1-3H3. The molecule has 1 unspecified atom stereocenters. The van der Waals surface area contributed by atoms with Gasteiger partial charge in [-0.1, -0.05) is 67.9 Å². The van der Waals surface area contributed by atoms with Crippen molar-refractivity contribution in [3.05, 3.63) is 30.3 Å². The minimum atomic E-state index is -2.01. The summed E-state index contributed by atoms with van der Waals surface area (Å²) in [6.45, 7) is 6.70. The molecule has 2 heteroatoms. The highest BCUT2D eigenvalue weighted by Crippen LogP contribution is 2.44. The van der Waals surface area contributed by atoms with Gasteiger partial charge in [-0.3, -0.25) is 0 Å². The van der Waals surface area contributed by atoms with Crippen LogP contribution in [0.3, 0.4) is 0 Å². The molecular weight excluding hydrogens is 260 g/mol. The second-order valence-corrected chi connectivity index (χ2v) is 11.0. The average molecular weight is 286 g/mol. The van der Waals surface area contributed by atoms with Gasteiger partial charge in [-0.25, -0.2) is 0 Å². The maximum absolute atomic E-state index is 11.3. The van der Waals surface area contributed by atoms with Crippen LogP contribution in [0.4, 0.5) is 0 Å². The Balaban J connectivity index is 2.29. The van der Waals surface area contributed by atoms with E-state index in [1.54, 1.807) is 0 Å². The third-order valence-electron chi connectivity index (χ3n) is 4.55. The number of unbranched alkanes of at least 4 members (excludes halogenated alkanes) is 2. The summed E-state index contributed by atoms with van der Waals surface area (Å²) in [7, 11) is -2.01. The van der Waals surface area contributed by atoms with Crippen LogP contribution < -0.4 is 5.19 Å². The van der Waals surface area contributed by atoms with Gasteiger partial charge in [0.2, 0.25) is 0 Å². The third kappa shape index (κ3) is 3.00. The van der Waals surface area contributed by atoms with Crippen molar-refractivity contribution < 1.29 is 5.11 Å². The highest BCUT2D eigenvalue weighted by Gasteiger charge is 2.54. The predicted octanol–water partition coefficient (Wildman–Crippen LogP) is 3.48. The topological polar surface area (TPSA) is 20.2 Å². The lowest BCUT2D eigenvalue weighted by atomic mass is 10.2. The summed E-state index contributed by atoms with van der Waals surface area (Å²) in [4.78, 5) is 0. The van der Waals surface area contributed by atoms with Crippen LogP contribution in [0.25, 0.3) is 0 Å². The van der Waals surface area contributed by atoms with Gasteiger partial charge >= 0.3 is 0 Å². The van der Waals surface area contributed by atoms with Crippen molar-refractivity contribution in [2.24, 2.45) is 5.92 Å². The molecule has 0 amide bonds. The summed E-state index contributed by atoms with van der Waals surface area (Å²) >= 11 is 0. The van der Waals surface area contributed by atoms with Crippen LogP contribution >= 0.6 is 0 Å². The Morgan fingerprint density at radius 1 is 1.25 bits per heavy atom. The number of hydrogen-bond acceptors (Lipinski definition) is 1. The molecule has 1 saturated carbocycles. The number of rotatable bonds is 5. The molecule has 1 atom stereocenters. The van der Waals surface area contributed by atoms with Gasteiger partial charge in [-0.2, -0.15) is 0 Å². The van der Waals surface area contributed by atoms with Crippen LogP contribution in [0, 0.1) is 17.8 Å². The van der Waals surface area contributed by atoms with Gasteiger partial charge in [0.15, 0.2) is 0 Å².